The van der Waals surface area contributed by atoms with Crippen LogP contribution >= 0.6 is 0 Å². The summed E-state index contributed by atoms with van der Waals surface area (Å²) in [7, 11) is 0. The maximum absolute atomic E-state index is 13.3. The molecule has 1 aromatic carbocycles. The average molecular weight is 281 g/mol. The molecule has 0 radical (unpaired) electrons. The van der Waals surface area contributed by atoms with Crippen molar-refractivity contribution in [2.45, 2.75) is 32.4 Å². The van der Waals surface area contributed by atoms with Gasteiger partial charge in [-0.1, -0.05) is 0 Å². The molecule has 0 bridgehead atoms. The summed E-state index contributed by atoms with van der Waals surface area (Å²) in [4.78, 5) is 0. The molecule has 1 saturated carbocycles. The van der Waals surface area contributed by atoms with E-state index in [1.165, 1.54) is 17.5 Å². The fourth-order valence-electron chi connectivity index (χ4n) is 2.08. The van der Waals surface area contributed by atoms with Crippen molar-refractivity contribution in [3.63, 3.8) is 0 Å². The van der Waals surface area contributed by atoms with Crippen LogP contribution in [0.4, 0.5) is 13.2 Å². The van der Waals surface area contributed by atoms with E-state index in [1.807, 2.05) is 6.92 Å². The minimum atomic E-state index is -1.46. The van der Waals surface area contributed by atoms with Gasteiger partial charge in [0.05, 0.1) is 11.9 Å². The topological polar surface area (TPSA) is 29.9 Å². The molecule has 106 valence electrons. The SMILES string of the molecule is Cc1c(CNC2CC2)cnn1-c1cc(F)c(F)c(F)c1. The maximum Gasteiger partial charge on any atom is 0.194 e. The summed E-state index contributed by atoms with van der Waals surface area (Å²) in [5, 5.41) is 7.47. The molecule has 1 heterocycles. The minimum absolute atomic E-state index is 0.177. The number of hydrogen-bond donors (Lipinski definition) is 1. The van der Waals surface area contributed by atoms with Crippen molar-refractivity contribution in [3.8, 4) is 5.69 Å². The summed E-state index contributed by atoms with van der Waals surface area (Å²) < 4.78 is 40.9. The van der Waals surface area contributed by atoms with Crippen molar-refractivity contribution in [1.29, 1.82) is 0 Å². The quantitative estimate of drug-likeness (QED) is 0.873. The van der Waals surface area contributed by atoms with Crippen LogP contribution in [0.25, 0.3) is 5.69 Å². The van der Waals surface area contributed by atoms with Gasteiger partial charge in [0.2, 0.25) is 0 Å². The molecule has 0 atom stereocenters. The van der Waals surface area contributed by atoms with E-state index in [0.717, 1.165) is 23.4 Å². The number of nitrogens with zero attached hydrogens (tertiary/aromatic N) is 2. The Morgan fingerprint density at radius 1 is 1.25 bits per heavy atom. The van der Waals surface area contributed by atoms with Crippen molar-refractivity contribution in [3.05, 3.63) is 47.0 Å². The zero-order chi connectivity index (χ0) is 14.3. The monoisotopic (exact) mass is 281 g/mol. The molecule has 1 N–H and O–H groups in total. The predicted octanol–water partition coefficient (Wildman–Crippen LogP) is 2.85. The molecule has 3 rings (SSSR count). The van der Waals surface area contributed by atoms with E-state index in [2.05, 4.69) is 10.4 Å². The first kappa shape index (κ1) is 13.2. The van der Waals surface area contributed by atoms with Crippen LogP contribution in [0.5, 0.6) is 0 Å². The van der Waals surface area contributed by atoms with E-state index >= 15 is 0 Å². The zero-order valence-corrected chi connectivity index (χ0v) is 11.0. The van der Waals surface area contributed by atoms with Crippen LogP contribution in [0, 0.1) is 24.4 Å². The highest BCUT2D eigenvalue weighted by molar-refractivity contribution is 5.36. The van der Waals surface area contributed by atoms with E-state index in [1.54, 1.807) is 6.20 Å². The third-order valence-corrected chi connectivity index (χ3v) is 3.48. The minimum Gasteiger partial charge on any atom is -0.310 e. The van der Waals surface area contributed by atoms with Gasteiger partial charge in [-0.05, 0) is 19.8 Å². The highest BCUT2D eigenvalue weighted by atomic mass is 19.2. The largest absolute Gasteiger partial charge is 0.310 e. The first-order chi connectivity index (χ1) is 9.56. The Kier molecular flexibility index (Phi) is 3.25. The molecule has 6 heteroatoms. The smallest absolute Gasteiger partial charge is 0.194 e. The highest BCUT2D eigenvalue weighted by Gasteiger charge is 2.21. The molecular formula is C14H14F3N3. The molecule has 1 fully saturated rings. The normalized spacial score (nSPS) is 14.8. The summed E-state index contributed by atoms with van der Waals surface area (Å²) in [6.45, 7) is 2.48. The first-order valence-corrected chi connectivity index (χ1v) is 6.48. The Bertz CT molecular complexity index is 624. The lowest BCUT2D eigenvalue weighted by Gasteiger charge is -2.07. The molecule has 20 heavy (non-hydrogen) atoms. The van der Waals surface area contributed by atoms with Gasteiger partial charge in [-0.3, -0.25) is 0 Å². The Morgan fingerprint density at radius 2 is 1.90 bits per heavy atom. The lowest BCUT2D eigenvalue weighted by atomic mass is 10.2. The van der Waals surface area contributed by atoms with E-state index < -0.39 is 17.5 Å². The number of rotatable bonds is 4. The molecule has 0 amide bonds. The summed E-state index contributed by atoms with van der Waals surface area (Å²) in [6, 6.07) is 2.45. The fourth-order valence-corrected chi connectivity index (χ4v) is 2.08. The standard InChI is InChI=1S/C14H14F3N3/c1-8-9(6-18-10-2-3-10)7-19-20(8)11-4-12(15)14(17)13(16)5-11/h4-5,7,10,18H,2-3,6H2,1H3. The highest BCUT2D eigenvalue weighted by Crippen LogP contribution is 2.22. The van der Waals surface area contributed by atoms with Gasteiger partial charge in [0.25, 0.3) is 0 Å². The molecule has 2 aromatic rings. The first-order valence-electron chi connectivity index (χ1n) is 6.48. The van der Waals surface area contributed by atoms with Crippen LogP contribution in [-0.2, 0) is 6.54 Å². The summed E-state index contributed by atoms with van der Waals surface area (Å²) >= 11 is 0. The van der Waals surface area contributed by atoms with Gasteiger partial charge in [0.15, 0.2) is 17.5 Å². The van der Waals surface area contributed by atoms with Crippen LogP contribution in [0.3, 0.4) is 0 Å². The second-order valence-electron chi connectivity index (χ2n) is 5.05. The lowest BCUT2D eigenvalue weighted by Crippen LogP contribution is -2.15. The van der Waals surface area contributed by atoms with Crippen LogP contribution < -0.4 is 5.32 Å². The van der Waals surface area contributed by atoms with Gasteiger partial charge in [-0.15, -0.1) is 0 Å². The van der Waals surface area contributed by atoms with E-state index in [0.29, 0.717) is 12.6 Å². The number of hydrogen-bond acceptors (Lipinski definition) is 2. The van der Waals surface area contributed by atoms with Crippen LogP contribution in [-0.4, -0.2) is 15.8 Å². The number of halogens is 3. The zero-order valence-electron chi connectivity index (χ0n) is 11.0. The molecule has 0 saturated heterocycles. The van der Waals surface area contributed by atoms with Gasteiger partial charge in [0, 0.05) is 36.0 Å². The lowest BCUT2D eigenvalue weighted by molar-refractivity contribution is 0.446. The van der Waals surface area contributed by atoms with Gasteiger partial charge >= 0.3 is 0 Å². The van der Waals surface area contributed by atoms with E-state index in [9.17, 15) is 13.2 Å². The van der Waals surface area contributed by atoms with Crippen molar-refractivity contribution in [2.75, 3.05) is 0 Å². The molecule has 3 nitrogen and oxygen atoms in total. The Labute approximate surface area is 114 Å². The van der Waals surface area contributed by atoms with E-state index in [4.69, 9.17) is 0 Å². The maximum atomic E-state index is 13.3. The number of aromatic nitrogens is 2. The molecule has 0 spiro atoms. The third kappa shape index (κ3) is 2.43. The van der Waals surface area contributed by atoms with Gasteiger partial charge in [-0.2, -0.15) is 5.10 Å². The van der Waals surface area contributed by atoms with Gasteiger partial charge < -0.3 is 5.32 Å². The second-order valence-corrected chi connectivity index (χ2v) is 5.05. The van der Waals surface area contributed by atoms with Crippen molar-refractivity contribution < 1.29 is 13.2 Å². The molecule has 1 aromatic heterocycles. The number of nitrogens with one attached hydrogen (secondary N) is 1. The summed E-state index contributed by atoms with van der Waals surface area (Å²) in [6.07, 6.45) is 4.02. The van der Waals surface area contributed by atoms with Crippen LogP contribution in [0.1, 0.15) is 24.1 Å². The molecule has 0 unspecified atom stereocenters. The average Bonchev–Trinajstić information content (AvgIpc) is 3.17. The Morgan fingerprint density at radius 3 is 2.50 bits per heavy atom. The molecular weight excluding hydrogens is 267 g/mol. The van der Waals surface area contributed by atoms with Gasteiger partial charge in [0.1, 0.15) is 0 Å². The second kappa shape index (κ2) is 4.94. The van der Waals surface area contributed by atoms with Gasteiger partial charge in [-0.25, -0.2) is 17.9 Å². The molecule has 1 aliphatic carbocycles. The van der Waals surface area contributed by atoms with Crippen molar-refractivity contribution >= 4 is 0 Å². The third-order valence-electron chi connectivity index (χ3n) is 3.48. The summed E-state index contributed by atoms with van der Waals surface area (Å²) in [5.74, 6) is -3.89. The summed E-state index contributed by atoms with van der Waals surface area (Å²) in [5.41, 5.74) is 1.92. The van der Waals surface area contributed by atoms with E-state index in [-0.39, 0.29) is 5.69 Å². The number of benzene rings is 1. The Hall–Kier alpha value is -1.82. The van der Waals surface area contributed by atoms with Crippen molar-refractivity contribution in [1.82, 2.24) is 15.1 Å². The van der Waals surface area contributed by atoms with Crippen molar-refractivity contribution in [2.24, 2.45) is 0 Å². The molecule has 0 aliphatic heterocycles. The van der Waals surface area contributed by atoms with Crippen LogP contribution in [0.2, 0.25) is 0 Å². The molecule has 1 aliphatic rings. The fraction of sp³-hybridized carbons (Fsp3) is 0.357. The Balaban J connectivity index is 1.89. The van der Waals surface area contributed by atoms with Crippen LogP contribution in [0.15, 0.2) is 18.3 Å². The predicted molar refractivity (Wildman–Crippen MR) is 68.0 cm³/mol.